The third-order valence-electron chi connectivity index (χ3n) is 2.22. The molecule has 4 nitrogen and oxygen atoms in total. The molecule has 1 N–H and O–H groups in total. The van der Waals surface area contributed by atoms with Crippen molar-refractivity contribution in [3.8, 4) is 0 Å². The van der Waals surface area contributed by atoms with Gasteiger partial charge in [-0.1, -0.05) is 20.8 Å². The van der Waals surface area contributed by atoms with E-state index in [0.29, 0.717) is 13.1 Å². The van der Waals surface area contributed by atoms with E-state index < -0.39 is 11.7 Å². The first-order chi connectivity index (χ1) is 7.29. The average molecular weight is 231 g/mol. The van der Waals surface area contributed by atoms with Crippen molar-refractivity contribution in [3.05, 3.63) is 0 Å². The largest absolute Gasteiger partial charge is 0.444 e. The first-order valence-corrected chi connectivity index (χ1v) is 5.95. The lowest BCUT2D eigenvalue weighted by Gasteiger charge is -2.24. The third kappa shape index (κ3) is 4.84. The van der Waals surface area contributed by atoms with Crippen LogP contribution in [0.1, 0.15) is 41.5 Å². The van der Waals surface area contributed by atoms with Gasteiger partial charge in [0.05, 0.1) is 12.6 Å². The maximum absolute atomic E-state index is 11.5. The van der Waals surface area contributed by atoms with Crippen molar-refractivity contribution in [3.63, 3.8) is 0 Å². The van der Waals surface area contributed by atoms with Crippen molar-refractivity contribution < 1.29 is 14.6 Å². The number of amides is 1. The normalized spacial score (nSPS) is 24.8. The van der Waals surface area contributed by atoms with Crippen molar-refractivity contribution in [2.24, 2.45) is 5.92 Å². The summed E-state index contributed by atoms with van der Waals surface area (Å²) in [5.41, 5.74) is -0.464. The van der Waals surface area contributed by atoms with Crippen LogP contribution in [0, 0.1) is 5.92 Å². The van der Waals surface area contributed by atoms with Crippen LogP contribution >= 0.6 is 0 Å². The number of carbonyl (C=O) groups excluding carboxylic acids is 1. The van der Waals surface area contributed by atoms with Gasteiger partial charge in [0.1, 0.15) is 5.60 Å². The van der Waals surface area contributed by atoms with Gasteiger partial charge < -0.3 is 14.7 Å². The standard InChI is InChI=1S/C10H19NO3.C2H6/c1-7-5-11(6-8(7)12)9(13)14-10(2,3)4;1-2/h7-8,12H,5-6H2,1-4H3;1-2H3. The van der Waals surface area contributed by atoms with Crippen LogP contribution in [0.4, 0.5) is 4.79 Å². The van der Waals surface area contributed by atoms with Crippen LogP contribution in [0.25, 0.3) is 0 Å². The average Bonchev–Trinajstić information content (AvgIpc) is 2.48. The second-order valence-electron chi connectivity index (χ2n) is 4.93. The minimum absolute atomic E-state index is 0.141. The van der Waals surface area contributed by atoms with E-state index in [-0.39, 0.29) is 12.0 Å². The highest BCUT2D eigenvalue weighted by molar-refractivity contribution is 5.68. The molecule has 0 aromatic heterocycles. The third-order valence-corrected chi connectivity index (χ3v) is 2.22. The molecule has 0 aromatic rings. The first kappa shape index (κ1) is 15.2. The van der Waals surface area contributed by atoms with Crippen molar-refractivity contribution >= 4 is 6.09 Å². The highest BCUT2D eigenvalue weighted by Crippen LogP contribution is 2.19. The van der Waals surface area contributed by atoms with Crippen LogP contribution in [-0.2, 0) is 4.74 Å². The summed E-state index contributed by atoms with van der Waals surface area (Å²) in [6.45, 7) is 12.4. The Morgan fingerprint density at radius 1 is 1.31 bits per heavy atom. The van der Waals surface area contributed by atoms with Crippen LogP contribution in [-0.4, -0.2) is 40.9 Å². The van der Waals surface area contributed by atoms with Gasteiger partial charge in [-0.3, -0.25) is 0 Å². The fraction of sp³-hybridized carbons (Fsp3) is 0.917. The Morgan fingerprint density at radius 3 is 2.12 bits per heavy atom. The quantitative estimate of drug-likeness (QED) is 0.695. The van der Waals surface area contributed by atoms with E-state index in [4.69, 9.17) is 4.74 Å². The molecule has 2 unspecified atom stereocenters. The molecular formula is C12H25NO3. The summed E-state index contributed by atoms with van der Waals surface area (Å²) in [6, 6.07) is 0. The van der Waals surface area contributed by atoms with Crippen LogP contribution in [0.5, 0.6) is 0 Å². The monoisotopic (exact) mass is 231 g/mol. The highest BCUT2D eigenvalue weighted by atomic mass is 16.6. The molecular weight excluding hydrogens is 206 g/mol. The van der Waals surface area contributed by atoms with E-state index in [1.54, 1.807) is 4.90 Å². The lowest BCUT2D eigenvalue weighted by atomic mass is 10.1. The Labute approximate surface area is 98.6 Å². The number of carbonyl (C=O) groups is 1. The number of hydrogen-bond acceptors (Lipinski definition) is 3. The molecule has 0 aliphatic carbocycles. The molecule has 0 bridgehead atoms. The number of hydrogen-bond donors (Lipinski definition) is 1. The van der Waals surface area contributed by atoms with Crippen LogP contribution in [0.2, 0.25) is 0 Å². The van der Waals surface area contributed by atoms with E-state index in [2.05, 4.69) is 0 Å². The van der Waals surface area contributed by atoms with Crippen molar-refractivity contribution in [1.29, 1.82) is 0 Å². The smallest absolute Gasteiger partial charge is 0.410 e. The molecule has 0 saturated carbocycles. The van der Waals surface area contributed by atoms with Gasteiger partial charge in [0.2, 0.25) is 0 Å². The van der Waals surface area contributed by atoms with Gasteiger partial charge in [-0.25, -0.2) is 4.79 Å². The van der Waals surface area contributed by atoms with Crippen molar-refractivity contribution in [2.75, 3.05) is 13.1 Å². The summed E-state index contributed by atoms with van der Waals surface area (Å²) in [5.74, 6) is 0.141. The number of rotatable bonds is 0. The van der Waals surface area contributed by atoms with E-state index in [9.17, 15) is 9.90 Å². The lowest BCUT2D eigenvalue weighted by molar-refractivity contribution is 0.0270. The molecule has 1 rings (SSSR count). The minimum Gasteiger partial charge on any atom is -0.444 e. The molecule has 1 aliphatic heterocycles. The van der Waals surface area contributed by atoms with E-state index in [1.807, 2.05) is 41.5 Å². The maximum Gasteiger partial charge on any atom is 0.410 e. The molecule has 1 amide bonds. The number of nitrogens with zero attached hydrogens (tertiary/aromatic N) is 1. The van der Waals surface area contributed by atoms with E-state index in [1.165, 1.54) is 0 Å². The Balaban J connectivity index is 0.00000106. The fourth-order valence-electron chi connectivity index (χ4n) is 1.43. The molecule has 1 fully saturated rings. The summed E-state index contributed by atoms with van der Waals surface area (Å²) in [4.78, 5) is 13.1. The van der Waals surface area contributed by atoms with Crippen molar-refractivity contribution in [2.45, 2.75) is 53.2 Å². The summed E-state index contributed by atoms with van der Waals surface area (Å²) in [6.07, 6.45) is -0.747. The van der Waals surface area contributed by atoms with Gasteiger partial charge in [0.15, 0.2) is 0 Å². The van der Waals surface area contributed by atoms with Gasteiger partial charge in [-0.05, 0) is 20.8 Å². The fourth-order valence-corrected chi connectivity index (χ4v) is 1.43. The molecule has 1 saturated heterocycles. The van der Waals surface area contributed by atoms with Crippen LogP contribution in [0.3, 0.4) is 0 Å². The van der Waals surface area contributed by atoms with Crippen LogP contribution < -0.4 is 0 Å². The predicted molar refractivity (Wildman–Crippen MR) is 64.3 cm³/mol. The van der Waals surface area contributed by atoms with Crippen LogP contribution in [0.15, 0.2) is 0 Å². The summed E-state index contributed by atoms with van der Waals surface area (Å²) >= 11 is 0. The highest BCUT2D eigenvalue weighted by Gasteiger charge is 2.33. The zero-order valence-corrected chi connectivity index (χ0v) is 11.3. The number of β-amino-alcohol motifs (C(OH)–C–C–N with tert-alkyl or cyclic N) is 1. The molecule has 0 spiro atoms. The molecule has 1 aliphatic rings. The Bertz CT molecular complexity index is 213. The molecule has 4 heteroatoms. The Kier molecular flexibility index (Phi) is 5.79. The lowest BCUT2D eigenvalue weighted by Crippen LogP contribution is -2.35. The SMILES string of the molecule is CC.CC1CN(C(=O)OC(C)(C)C)CC1O. The first-order valence-electron chi connectivity index (χ1n) is 5.95. The number of aliphatic hydroxyl groups is 1. The molecule has 2 atom stereocenters. The van der Waals surface area contributed by atoms with Gasteiger partial charge in [0.25, 0.3) is 0 Å². The molecule has 0 aromatic carbocycles. The summed E-state index contributed by atoms with van der Waals surface area (Å²) < 4.78 is 5.19. The van der Waals surface area contributed by atoms with Gasteiger partial charge >= 0.3 is 6.09 Å². The van der Waals surface area contributed by atoms with Gasteiger partial charge in [-0.2, -0.15) is 0 Å². The Morgan fingerprint density at radius 2 is 1.81 bits per heavy atom. The number of aliphatic hydroxyl groups excluding tert-OH is 1. The zero-order chi connectivity index (χ0) is 12.9. The molecule has 0 radical (unpaired) electrons. The van der Waals surface area contributed by atoms with Crippen molar-refractivity contribution in [1.82, 2.24) is 4.90 Å². The Hall–Kier alpha value is -0.770. The van der Waals surface area contributed by atoms with Gasteiger partial charge in [-0.15, -0.1) is 0 Å². The maximum atomic E-state index is 11.5. The minimum atomic E-state index is -0.464. The number of ether oxygens (including phenoxy) is 1. The topological polar surface area (TPSA) is 49.8 Å². The summed E-state index contributed by atoms with van der Waals surface area (Å²) in [5, 5.41) is 9.47. The predicted octanol–water partition coefficient (Wildman–Crippen LogP) is 2.26. The molecule has 96 valence electrons. The number of likely N-dealkylation sites (tertiary alicyclic amines) is 1. The zero-order valence-electron chi connectivity index (χ0n) is 11.3. The molecule has 16 heavy (non-hydrogen) atoms. The second-order valence-corrected chi connectivity index (χ2v) is 4.93. The second kappa shape index (κ2) is 6.09. The van der Waals surface area contributed by atoms with Gasteiger partial charge in [0, 0.05) is 12.5 Å². The van der Waals surface area contributed by atoms with E-state index in [0.717, 1.165) is 0 Å². The summed E-state index contributed by atoms with van der Waals surface area (Å²) in [7, 11) is 0. The molecule has 1 heterocycles. The van der Waals surface area contributed by atoms with E-state index >= 15 is 0 Å².